The summed E-state index contributed by atoms with van der Waals surface area (Å²) >= 11 is 0. The van der Waals surface area contributed by atoms with Crippen molar-refractivity contribution in [1.29, 1.82) is 0 Å². The van der Waals surface area contributed by atoms with Crippen LogP contribution in [0.1, 0.15) is 19.6 Å². The van der Waals surface area contributed by atoms with Gasteiger partial charge in [0.15, 0.2) is 11.6 Å². The van der Waals surface area contributed by atoms with E-state index in [0.717, 1.165) is 6.07 Å². The van der Waals surface area contributed by atoms with Gasteiger partial charge in [-0.15, -0.1) is 12.4 Å². The first-order valence-electron chi connectivity index (χ1n) is 9.45. The molecule has 0 unspecified atom stereocenters. The normalized spacial score (nSPS) is 11.5. The van der Waals surface area contributed by atoms with Crippen molar-refractivity contribution < 1.29 is 26.8 Å². The molecule has 1 amide bonds. The molecular weight excluding hydrogens is 475 g/mol. The molecule has 33 heavy (non-hydrogen) atoms. The van der Waals surface area contributed by atoms with E-state index in [9.17, 15) is 17.6 Å². The fourth-order valence-corrected chi connectivity index (χ4v) is 3.68. The number of methoxy groups -OCH3 is 1. The van der Waals surface area contributed by atoms with Gasteiger partial charge in [0.2, 0.25) is 5.91 Å². The number of carbonyl (C=O) groups is 1. The van der Waals surface area contributed by atoms with Crippen molar-refractivity contribution in [3.63, 3.8) is 0 Å². The minimum absolute atomic E-state index is 0. The second-order valence-corrected chi connectivity index (χ2v) is 9.26. The molecule has 178 valence electrons. The number of pyridine rings is 1. The van der Waals surface area contributed by atoms with E-state index in [2.05, 4.69) is 15.0 Å². The molecule has 0 radical (unpaired) electrons. The van der Waals surface area contributed by atoms with Gasteiger partial charge in [-0.25, -0.2) is 17.8 Å². The molecule has 0 fully saturated rings. The Labute approximate surface area is 197 Å². The number of benzene rings is 1. The summed E-state index contributed by atoms with van der Waals surface area (Å²) in [6, 6.07) is 9.56. The molecule has 0 aliphatic rings. The van der Waals surface area contributed by atoms with Crippen molar-refractivity contribution in [3.05, 3.63) is 54.0 Å². The molecule has 9 nitrogen and oxygen atoms in total. The molecular formula is C21H24ClFN4O5S. The molecule has 0 aliphatic carbocycles. The van der Waals surface area contributed by atoms with E-state index >= 15 is 0 Å². The zero-order valence-corrected chi connectivity index (χ0v) is 19.9. The highest BCUT2D eigenvalue weighted by atomic mass is 35.5. The first kappa shape index (κ1) is 26.1. The lowest BCUT2D eigenvalue weighted by atomic mass is 10.1. The second-order valence-electron chi connectivity index (χ2n) is 7.58. The van der Waals surface area contributed by atoms with Gasteiger partial charge in [0, 0.05) is 0 Å². The van der Waals surface area contributed by atoms with Crippen LogP contribution in [-0.4, -0.2) is 32.0 Å². The van der Waals surface area contributed by atoms with Crippen LogP contribution in [-0.2, 0) is 14.8 Å². The Balaban J connectivity index is 0.00000385. The van der Waals surface area contributed by atoms with Gasteiger partial charge in [0.05, 0.1) is 23.1 Å². The SMILES string of the molecule is COc1ccc(NC(=O)C(C)(C)N)nc1NS(=O)(=O)c1ccc(-c2ccc(C)o2)c(F)c1.Cl. The summed E-state index contributed by atoms with van der Waals surface area (Å²) in [6.45, 7) is 4.74. The highest BCUT2D eigenvalue weighted by molar-refractivity contribution is 7.92. The number of aryl methyl sites for hydroxylation is 1. The number of rotatable bonds is 7. The zero-order chi connectivity index (χ0) is 23.7. The number of hydrogen-bond donors (Lipinski definition) is 3. The van der Waals surface area contributed by atoms with Crippen LogP contribution >= 0.6 is 12.4 Å². The van der Waals surface area contributed by atoms with E-state index < -0.39 is 27.3 Å². The minimum Gasteiger partial charge on any atom is -0.493 e. The second kappa shape index (κ2) is 9.77. The van der Waals surface area contributed by atoms with Crippen molar-refractivity contribution in [3.8, 4) is 17.1 Å². The number of nitrogens with two attached hydrogens (primary N) is 1. The largest absolute Gasteiger partial charge is 0.493 e. The smallest absolute Gasteiger partial charge is 0.263 e. The van der Waals surface area contributed by atoms with Gasteiger partial charge in [-0.1, -0.05) is 0 Å². The van der Waals surface area contributed by atoms with Gasteiger partial charge in [0.1, 0.15) is 23.2 Å². The van der Waals surface area contributed by atoms with Crippen molar-refractivity contribution >= 4 is 40.0 Å². The van der Waals surface area contributed by atoms with E-state index in [4.69, 9.17) is 14.9 Å². The summed E-state index contributed by atoms with van der Waals surface area (Å²) in [5.74, 6) is -0.440. The van der Waals surface area contributed by atoms with E-state index in [0.29, 0.717) is 5.76 Å². The van der Waals surface area contributed by atoms with Crippen LogP contribution < -0.4 is 20.5 Å². The molecule has 1 aromatic carbocycles. The van der Waals surface area contributed by atoms with E-state index in [-0.39, 0.29) is 46.0 Å². The first-order chi connectivity index (χ1) is 14.9. The maximum atomic E-state index is 14.6. The third kappa shape index (κ3) is 6.01. The first-order valence-corrected chi connectivity index (χ1v) is 10.9. The van der Waals surface area contributed by atoms with Crippen molar-refractivity contribution in [1.82, 2.24) is 4.98 Å². The summed E-state index contributed by atoms with van der Waals surface area (Å²) in [6.07, 6.45) is 0. The third-order valence-corrected chi connectivity index (χ3v) is 5.73. The number of sulfonamides is 1. The number of carbonyl (C=O) groups excluding carboxylic acids is 1. The Hall–Kier alpha value is -3.15. The number of aromatic nitrogens is 1. The van der Waals surface area contributed by atoms with Gasteiger partial charge >= 0.3 is 0 Å². The van der Waals surface area contributed by atoms with Gasteiger partial charge in [-0.05, 0) is 63.2 Å². The lowest BCUT2D eigenvalue weighted by molar-refractivity contribution is -0.120. The molecule has 3 aromatic rings. The average molecular weight is 499 g/mol. The zero-order valence-electron chi connectivity index (χ0n) is 18.3. The van der Waals surface area contributed by atoms with Crippen LogP contribution in [0.2, 0.25) is 0 Å². The molecule has 0 atom stereocenters. The summed E-state index contributed by atoms with van der Waals surface area (Å²) in [4.78, 5) is 15.9. The predicted octanol–water partition coefficient (Wildman–Crippen LogP) is 3.70. The molecule has 0 saturated carbocycles. The predicted molar refractivity (Wildman–Crippen MR) is 125 cm³/mol. The lowest BCUT2D eigenvalue weighted by Crippen LogP contribution is -2.45. The number of nitrogens with one attached hydrogen (secondary N) is 2. The molecule has 0 spiro atoms. The number of furan rings is 1. The van der Waals surface area contributed by atoms with Crippen molar-refractivity contribution in [2.45, 2.75) is 31.2 Å². The fourth-order valence-electron chi connectivity index (χ4n) is 2.66. The van der Waals surface area contributed by atoms with Crippen molar-refractivity contribution in [2.24, 2.45) is 5.73 Å². The molecule has 0 aliphatic heterocycles. The maximum Gasteiger partial charge on any atom is 0.263 e. The molecule has 12 heteroatoms. The summed E-state index contributed by atoms with van der Waals surface area (Å²) in [5, 5.41) is 2.50. The van der Waals surface area contributed by atoms with Crippen LogP contribution in [0.15, 0.2) is 51.8 Å². The minimum atomic E-state index is -4.24. The number of amides is 1. The summed E-state index contributed by atoms with van der Waals surface area (Å²) in [7, 11) is -2.91. The van der Waals surface area contributed by atoms with Gasteiger partial charge in [-0.3, -0.25) is 9.52 Å². The quantitative estimate of drug-likeness (QED) is 0.451. The van der Waals surface area contributed by atoms with Crippen LogP contribution in [0.25, 0.3) is 11.3 Å². The van der Waals surface area contributed by atoms with Gasteiger partial charge in [0.25, 0.3) is 10.0 Å². The van der Waals surface area contributed by atoms with Crippen LogP contribution in [0, 0.1) is 12.7 Å². The molecule has 0 bridgehead atoms. The molecule has 4 N–H and O–H groups in total. The number of ether oxygens (including phenoxy) is 1. The Kier molecular flexibility index (Phi) is 7.73. The Morgan fingerprint density at radius 2 is 1.88 bits per heavy atom. The monoisotopic (exact) mass is 498 g/mol. The Bertz CT molecular complexity index is 1270. The van der Waals surface area contributed by atoms with Crippen LogP contribution in [0.5, 0.6) is 5.75 Å². The van der Waals surface area contributed by atoms with Gasteiger partial charge < -0.3 is 20.2 Å². The Morgan fingerprint density at radius 1 is 1.18 bits per heavy atom. The molecule has 3 rings (SSSR count). The van der Waals surface area contributed by atoms with Crippen molar-refractivity contribution in [2.75, 3.05) is 17.1 Å². The molecule has 0 saturated heterocycles. The van der Waals surface area contributed by atoms with Gasteiger partial charge in [-0.2, -0.15) is 0 Å². The highest BCUT2D eigenvalue weighted by Gasteiger charge is 2.24. The summed E-state index contributed by atoms with van der Waals surface area (Å²) in [5.41, 5.74) is 4.70. The van der Waals surface area contributed by atoms with Crippen LogP contribution in [0.3, 0.4) is 0 Å². The Morgan fingerprint density at radius 3 is 2.42 bits per heavy atom. The number of anilines is 2. The summed E-state index contributed by atoms with van der Waals surface area (Å²) < 4.78 is 53.2. The molecule has 2 heterocycles. The van der Waals surface area contributed by atoms with E-state index in [1.807, 2.05) is 0 Å². The average Bonchev–Trinajstić information content (AvgIpc) is 3.13. The standard InChI is InChI=1S/C21H23FN4O5S.ClH/c1-12-5-8-16(31-12)14-7-6-13(11-15(14)22)32(28,29)26-19-17(30-4)9-10-18(24-19)25-20(27)21(2,3)23;/h5-11H,23H2,1-4H3,(H2,24,25,26,27);1H. The third-order valence-electron chi connectivity index (χ3n) is 4.39. The lowest BCUT2D eigenvalue weighted by Gasteiger charge is -2.18. The maximum absolute atomic E-state index is 14.6. The molecule has 2 aromatic heterocycles. The highest BCUT2D eigenvalue weighted by Crippen LogP contribution is 2.30. The van der Waals surface area contributed by atoms with Crippen LogP contribution in [0.4, 0.5) is 16.0 Å². The van der Waals surface area contributed by atoms with E-state index in [1.54, 1.807) is 19.1 Å². The van der Waals surface area contributed by atoms with E-state index in [1.165, 1.54) is 45.2 Å². The number of hydrogen-bond acceptors (Lipinski definition) is 7. The topological polar surface area (TPSA) is 137 Å². The fraction of sp³-hybridized carbons (Fsp3) is 0.238. The number of halogens is 2. The number of nitrogens with zero attached hydrogens (tertiary/aromatic N) is 1.